The largest absolute Gasteiger partial charge is 0.379 e. The highest BCUT2D eigenvalue weighted by molar-refractivity contribution is 5.05. The van der Waals surface area contributed by atoms with Gasteiger partial charge in [-0.05, 0) is 25.2 Å². The molecule has 2 fully saturated rings. The molecule has 2 heterocycles. The van der Waals surface area contributed by atoms with Crippen LogP contribution < -0.4 is 5.73 Å². The van der Waals surface area contributed by atoms with E-state index in [2.05, 4.69) is 10.1 Å². The molecule has 1 atom stereocenters. The molecule has 0 spiro atoms. The fourth-order valence-corrected chi connectivity index (χ4v) is 1.87. The lowest BCUT2D eigenvalue weighted by Crippen LogP contribution is -2.37. The van der Waals surface area contributed by atoms with Crippen LogP contribution in [0.1, 0.15) is 31.0 Å². The second-order valence-corrected chi connectivity index (χ2v) is 4.62. The van der Waals surface area contributed by atoms with Gasteiger partial charge < -0.3 is 15.0 Å². The lowest BCUT2D eigenvalue weighted by atomic mass is 10.0. The zero-order chi connectivity index (χ0) is 10.3. The van der Waals surface area contributed by atoms with Crippen molar-refractivity contribution in [3.63, 3.8) is 0 Å². The van der Waals surface area contributed by atoms with Crippen molar-refractivity contribution in [2.24, 2.45) is 11.7 Å². The molecule has 5 nitrogen and oxygen atoms in total. The Morgan fingerprint density at radius 3 is 3.00 bits per heavy atom. The van der Waals surface area contributed by atoms with Crippen LogP contribution in [0.4, 0.5) is 0 Å². The first-order chi connectivity index (χ1) is 7.26. The molecule has 82 valence electrons. The Bertz CT molecular complexity index is 353. The molecule has 1 aliphatic heterocycles. The van der Waals surface area contributed by atoms with E-state index in [1.54, 1.807) is 0 Å². The minimum atomic E-state index is -0.547. The number of rotatable bonds is 3. The van der Waals surface area contributed by atoms with Gasteiger partial charge in [0.05, 0.1) is 6.61 Å². The molecular formula is C10H15N3O2. The van der Waals surface area contributed by atoms with E-state index < -0.39 is 5.54 Å². The van der Waals surface area contributed by atoms with E-state index in [0.717, 1.165) is 24.6 Å². The minimum Gasteiger partial charge on any atom is -0.379 e. The Hall–Kier alpha value is -0.940. The first-order valence-corrected chi connectivity index (χ1v) is 5.46. The van der Waals surface area contributed by atoms with Crippen molar-refractivity contribution in [1.29, 1.82) is 0 Å². The summed E-state index contributed by atoms with van der Waals surface area (Å²) in [4.78, 5) is 4.36. The van der Waals surface area contributed by atoms with Gasteiger partial charge in [-0.15, -0.1) is 0 Å². The van der Waals surface area contributed by atoms with Crippen molar-refractivity contribution >= 4 is 0 Å². The number of hydrogen-bond donors (Lipinski definition) is 1. The van der Waals surface area contributed by atoms with Gasteiger partial charge in [0, 0.05) is 13.0 Å². The normalized spacial score (nSPS) is 31.0. The summed E-state index contributed by atoms with van der Waals surface area (Å²) in [6, 6.07) is 0. The van der Waals surface area contributed by atoms with Crippen LogP contribution in [0.5, 0.6) is 0 Å². The molecule has 1 saturated carbocycles. The van der Waals surface area contributed by atoms with Gasteiger partial charge in [0.2, 0.25) is 5.89 Å². The van der Waals surface area contributed by atoms with Gasteiger partial charge in [0.1, 0.15) is 5.54 Å². The molecule has 0 aromatic carbocycles. The first-order valence-electron chi connectivity index (χ1n) is 5.46. The molecule has 0 radical (unpaired) electrons. The van der Waals surface area contributed by atoms with Crippen molar-refractivity contribution in [2.75, 3.05) is 13.2 Å². The third-order valence-corrected chi connectivity index (χ3v) is 3.11. The maximum atomic E-state index is 6.12. The van der Waals surface area contributed by atoms with Crippen molar-refractivity contribution in [1.82, 2.24) is 10.1 Å². The van der Waals surface area contributed by atoms with Crippen molar-refractivity contribution in [3.05, 3.63) is 11.7 Å². The lowest BCUT2D eigenvalue weighted by molar-refractivity contribution is 0.166. The molecule has 1 unspecified atom stereocenters. The van der Waals surface area contributed by atoms with Crippen LogP contribution in [0.25, 0.3) is 0 Å². The topological polar surface area (TPSA) is 74.2 Å². The predicted octanol–water partition coefficient (Wildman–Crippen LogP) is 0.596. The second-order valence-electron chi connectivity index (χ2n) is 4.62. The molecule has 1 aromatic heterocycles. The van der Waals surface area contributed by atoms with Crippen LogP contribution in [-0.4, -0.2) is 23.4 Å². The van der Waals surface area contributed by atoms with Gasteiger partial charge in [-0.1, -0.05) is 5.16 Å². The van der Waals surface area contributed by atoms with Crippen LogP contribution in [0, 0.1) is 5.92 Å². The number of nitrogens with zero attached hydrogens (tertiary/aromatic N) is 2. The molecular weight excluding hydrogens is 194 g/mol. The number of hydrogen-bond acceptors (Lipinski definition) is 5. The average Bonchev–Trinajstić information content (AvgIpc) is 2.73. The highest BCUT2D eigenvalue weighted by Crippen LogP contribution is 2.32. The summed E-state index contributed by atoms with van der Waals surface area (Å²) in [6.07, 6.45) is 4.28. The quantitative estimate of drug-likeness (QED) is 0.788. The first kappa shape index (κ1) is 9.30. The minimum absolute atomic E-state index is 0.484. The summed E-state index contributed by atoms with van der Waals surface area (Å²) < 4.78 is 10.5. The molecule has 15 heavy (non-hydrogen) atoms. The van der Waals surface area contributed by atoms with E-state index in [4.69, 9.17) is 15.0 Å². The van der Waals surface area contributed by atoms with Gasteiger partial charge in [0.15, 0.2) is 5.82 Å². The van der Waals surface area contributed by atoms with Crippen LogP contribution in [0.2, 0.25) is 0 Å². The van der Waals surface area contributed by atoms with E-state index in [-0.39, 0.29) is 0 Å². The Balaban J connectivity index is 1.76. The van der Waals surface area contributed by atoms with E-state index in [9.17, 15) is 0 Å². The molecule has 0 amide bonds. The molecule has 1 aromatic rings. The van der Waals surface area contributed by atoms with E-state index in [1.165, 1.54) is 12.8 Å². The fraction of sp³-hybridized carbons (Fsp3) is 0.800. The molecule has 1 aliphatic carbocycles. The molecule has 3 rings (SSSR count). The van der Waals surface area contributed by atoms with Crippen LogP contribution in [0.3, 0.4) is 0 Å². The molecule has 2 aliphatic rings. The third kappa shape index (κ3) is 1.77. The molecule has 0 bridgehead atoms. The Kier molecular flexibility index (Phi) is 2.03. The smallest absolute Gasteiger partial charge is 0.249 e. The number of aromatic nitrogens is 2. The second kappa shape index (κ2) is 3.28. The SMILES string of the molecule is NC1(c2nc(CC3CC3)no2)CCOC1. The van der Waals surface area contributed by atoms with Gasteiger partial charge in [-0.3, -0.25) is 0 Å². The Morgan fingerprint density at radius 1 is 1.47 bits per heavy atom. The Morgan fingerprint density at radius 2 is 2.33 bits per heavy atom. The maximum Gasteiger partial charge on any atom is 0.249 e. The van der Waals surface area contributed by atoms with Gasteiger partial charge in [-0.25, -0.2) is 0 Å². The average molecular weight is 209 g/mol. The molecule has 1 saturated heterocycles. The van der Waals surface area contributed by atoms with Gasteiger partial charge in [-0.2, -0.15) is 4.98 Å². The summed E-state index contributed by atoms with van der Waals surface area (Å²) in [7, 11) is 0. The van der Waals surface area contributed by atoms with Crippen molar-refractivity contribution in [3.8, 4) is 0 Å². The lowest BCUT2D eigenvalue weighted by Gasteiger charge is -2.14. The van der Waals surface area contributed by atoms with Gasteiger partial charge in [0.25, 0.3) is 0 Å². The van der Waals surface area contributed by atoms with Crippen molar-refractivity contribution in [2.45, 2.75) is 31.2 Å². The van der Waals surface area contributed by atoms with Crippen LogP contribution in [0.15, 0.2) is 4.52 Å². The van der Waals surface area contributed by atoms with E-state index in [1.807, 2.05) is 0 Å². The molecule has 2 N–H and O–H groups in total. The summed E-state index contributed by atoms with van der Waals surface area (Å²) in [5, 5.41) is 3.96. The van der Waals surface area contributed by atoms with Crippen LogP contribution >= 0.6 is 0 Å². The number of nitrogens with two attached hydrogens (primary N) is 1. The summed E-state index contributed by atoms with van der Waals surface area (Å²) >= 11 is 0. The monoisotopic (exact) mass is 209 g/mol. The fourth-order valence-electron chi connectivity index (χ4n) is 1.87. The highest BCUT2D eigenvalue weighted by Gasteiger charge is 2.38. The zero-order valence-electron chi connectivity index (χ0n) is 8.61. The Labute approximate surface area is 88.0 Å². The van der Waals surface area contributed by atoms with Gasteiger partial charge >= 0.3 is 0 Å². The zero-order valence-corrected chi connectivity index (χ0v) is 8.61. The summed E-state index contributed by atoms with van der Waals surface area (Å²) in [6.45, 7) is 1.16. The predicted molar refractivity (Wildman–Crippen MR) is 52.0 cm³/mol. The highest BCUT2D eigenvalue weighted by atomic mass is 16.5. The third-order valence-electron chi connectivity index (χ3n) is 3.11. The van der Waals surface area contributed by atoms with Crippen molar-refractivity contribution < 1.29 is 9.26 Å². The maximum absolute atomic E-state index is 6.12. The summed E-state index contributed by atoms with van der Waals surface area (Å²) in [5.74, 6) is 2.10. The summed E-state index contributed by atoms with van der Waals surface area (Å²) in [5.41, 5.74) is 5.57. The standard InChI is InChI=1S/C10H15N3O2/c11-10(3-4-14-6-10)9-12-8(13-15-9)5-7-1-2-7/h7H,1-6,11H2. The molecule has 5 heteroatoms. The van der Waals surface area contributed by atoms with E-state index >= 15 is 0 Å². The van der Waals surface area contributed by atoms with E-state index in [0.29, 0.717) is 19.1 Å². The number of ether oxygens (including phenoxy) is 1. The van der Waals surface area contributed by atoms with Crippen LogP contribution in [-0.2, 0) is 16.7 Å².